The number of phosphoric ester groups is 1. The summed E-state index contributed by atoms with van der Waals surface area (Å²) < 4.78 is 25.6. The van der Waals surface area contributed by atoms with Gasteiger partial charge in [0.2, 0.25) is 0 Å². The number of nitrogens with zero attached hydrogens (tertiary/aromatic N) is 8. The van der Waals surface area contributed by atoms with Crippen molar-refractivity contribution in [2.24, 2.45) is 0 Å². The number of benzene rings is 1. The monoisotopic (exact) mass is 580 g/mol. The van der Waals surface area contributed by atoms with E-state index in [0.717, 1.165) is 17.1 Å². The third-order valence-corrected chi connectivity index (χ3v) is 6.64. The van der Waals surface area contributed by atoms with Crippen LogP contribution >= 0.6 is 7.82 Å². The first-order chi connectivity index (χ1) is 18.3. The van der Waals surface area contributed by atoms with Crippen LogP contribution in [0.3, 0.4) is 0 Å². The topological polar surface area (TPSA) is 151 Å². The molecule has 5 heterocycles. The Morgan fingerprint density at radius 1 is 0.950 bits per heavy atom. The molecule has 1 fully saturated rings. The predicted octanol–water partition coefficient (Wildman–Crippen LogP) is -4.60. The summed E-state index contributed by atoms with van der Waals surface area (Å²) in [5, 5.41) is 13.9. The van der Waals surface area contributed by atoms with Crippen LogP contribution in [0.25, 0.3) is 34.1 Å². The van der Waals surface area contributed by atoms with E-state index in [4.69, 9.17) is 19.9 Å². The number of anilines is 1. The summed E-state index contributed by atoms with van der Waals surface area (Å²) in [6.07, 6.45) is 1.87. The molecule has 0 bridgehead atoms. The molecule has 1 aromatic carbocycles. The Morgan fingerprint density at radius 2 is 1.68 bits per heavy atom. The van der Waals surface area contributed by atoms with Crippen LogP contribution in [-0.2, 0) is 20.6 Å². The number of morpholine rings is 1. The van der Waals surface area contributed by atoms with Crippen molar-refractivity contribution in [3.05, 3.63) is 66.5 Å². The number of aromatic nitrogens is 7. The van der Waals surface area contributed by atoms with Crippen molar-refractivity contribution in [1.29, 1.82) is 0 Å². The minimum atomic E-state index is -5.13. The van der Waals surface area contributed by atoms with Gasteiger partial charge >= 0.3 is 59.1 Å². The van der Waals surface area contributed by atoms with Crippen LogP contribution in [0.2, 0.25) is 0 Å². The number of ether oxygens (including phenoxy) is 1. The minimum Gasteiger partial charge on any atom is -0.790 e. The first-order valence-electron chi connectivity index (χ1n) is 11.9. The number of rotatable bonds is 7. The third-order valence-electron chi connectivity index (χ3n) is 6.21. The normalized spacial score (nSPS) is 13.7. The number of phosphoric acid groups is 1. The molecule has 6 rings (SSSR count). The molecule has 16 heteroatoms. The largest absolute Gasteiger partial charge is 1.00 e. The van der Waals surface area contributed by atoms with Gasteiger partial charge in [-0.05, 0) is 19.1 Å². The summed E-state index contributed by atoms with van der Waals surface area (Å²) in [7, 11) is -5.13. The van der Waals surface area contributed by atoms with E-state index < -0.39 is 14.6 Å². The van der Waals surface area contributed by atoms with Gasteiger partial charge in [0.25, 0.3) is 0 Å². The average molecular weight is 580 g/mol. The molecule has 0 saturated carbocycles. The summed E-state index contributed by atoms with van der Waals surface area (Å²) in [4.78, 5) is 28.8. The molecule has 13 nitrogen and oxygen atoms in total. The second-order valence-electron chi connectivity index (χ2n) is 8.76. The molecule has 0 N–H and O–H groups in total. The van der Waals surface area contributed by atoms with Crippen molar-refractivity contribution in [3.8, 4) is 28.5 Å². The van der Waals surface area contributed by atoms with Gasteiger partial charge in [-0.3, -0.25) is 0 Å². The van der Waals surface area contributed by atoms with Crippen LogP contribution in [0, 0.1) is 6.92 Å². The van der Waals surface area contributed by atoms with Crippen molar-refractivity contribution < 1.29 is 82.7 Å². The van der Waals surface area contributed by atoms with Gasteiger partial charge < -0.3 is 28.5 Å². The van der Waals surface area contributed by atoms with Gasteiger partial charge in [0.15, 0.2) is 11.5 Å². The van der Waals surface area contributed by atoms with Crippen molar-refractivity contribution in [2.45, 2.75) is 13.7 Å². The zero-order valence-corrected chi connectivity index (χ0v) is 27.3. The number of hydrogen-bond donors (Lipinski definition) is 0. The summed E-state index contributed by atoms with van der Waals surface area (Å²) >= 11 is 0. The maximum absolute atomic E-state index is 10.9. The molecule has 40 heavy (non-hydrogen) atoms. The first kappa shape index (κ1) is 31.1. The van der Waals surface area contributed by atoms with Crippen molar-refractivity contribution in [3.63, 3.8) is 0 Å². The molecule has 196 valence electrons. The Hall–Kier alpha value is -1.87. The van der Waals surface area contributed by atoms with Crippen molar-refractivity contribution >= 4 is 19.3 Å². The molecule has 1 aliphatic rings. The molecular formula is C24H23N8Na2O5P. The van der Waals surface area contributed by atoms with Gasteiger partial charge in [0, 0.05) is 42.7 Å². The van der Waals surface area contributed by atoms with Crippen LogP contribution in [0.5, 0.6) is 0 Å². The van der Waals surface area contributed by atoms with Crippen molar-refractivity contribution in [1.82, 2.24) is 34.2 Å². The maximum atomic E-state index is 10.9. The molecule has 0 radical (unpaired) electrons. The smallest absolute Gasteiger partial charge is 0.790 e. The van der Waals surface area contributed by atoms with Gasteiger partial charge in [-0.15, -0.1) is 0 Å². The van der Waals surface area contributed by atoms with Gasteiger partial charge in [0.05, 0.1) is 26.7 Å². The van der Waals surface area contributed by atoms with Crippen LogP contribution in [0.1, 0.15) is 5.69 Å². The Labute approximate surface area is 273 Å². The molecule has 5 aromatic rings. The van der Waals surface area contributed by atoms with Crippen LogP contribution in [-0.4, -0.2) is 60.5 Å². The zero-order chi connectivity index (χ0) is 26.3. The molecular weight excluding hydrogens is 557 g/mol. The minimum absolute atomic E-state index is 0. The van der Waals surface area contributed by atoms with Gasteiger partial charge in [-0.25, -0.2) is 14.3 Å². The van der Waals surface area contributed by atoms with Crippen LogP contribution in [0.4, 0.5) is 5.82 Å². The quantitative estimate of drug-likeness (QED) is 0.136. The SMILES string of the molecule is Cc1cc(-c2cc3nc(-n4ccc(-c5ccccc5)n4)cc(N4CCOCC4)n3n2)nn1COP(=O)([O-])[O-].[Na+].[Na+]. The standard InChI is InChI=1S/C24H25N8O5P.2Na/c1-17-13-20(27-31(17)16-37-38(33,34)35)21-14-23-25-22(15-24(32(23)28-21)29-9-11-36-12-10-29)30-8-7-19(26-30)18-5-3-2-4-6-18;;/h2-8,13-15H,9-12,16H2,1H3,(H2,33,34,35);;/q;2*+1/p-2. The van der Waals surface area contributed by atoms with E-state index in [-0.39, 0.29) is 59.1 Å². The molecule has 0 aliphatic carbocycles. The Balaban J connectivity index is 0.00000185. The second-order valence-corrected chi connectivity index (χ2v) is 9.91. The van der Waals surface area contributed by atoms with E-state index >= 15 is 0 Å². The summed E-state index contributed by atoms with van der Waals surface area (Å²) in [5.41, 5.74) is 4.05. The number of hydrogen-bond acceptors (Lipinski definition) is 10. The molecule has 0 spiro atoms. The fourth-order valence-electron chi connectivity index (χ4n) is 4.31. The number of aryl methyl sites for hydroxylation is 1. The second kappa shape index (κ2) is 13.0. The van der Waals surface area contributed by atoms with E-state index in [1.165, 1.54) is 4.68 Å². The Bertz CT molecular complexity index is 1650. The summed E-state index contributed by atoms with van der Waals surface area (Å²) in [6.45, 7) is 3.80. The maximum Gasteiger partial charge on any atom is 1.00 e. The Morgan fingerprint density at radius 3 is 2.40 bits per heavy atom. The molecule has 4 aromatic heterocycles. The van der Waals surface area contributed by atoms with E-state index in [1.54, 1.807) is 28.3 Å². The number of fused-ring (bicyclic) bond motifs is 1. The predicted molar refractivity (Wildman–Crippen MR) is 133 cm³/mol. The third kappa shape index (κ3) is 6.77. The average Bonchev–Trinajstić information content (AvgIpc) is 3.66. The van der Waals surface area contributed by atoms with E-state index in [9.17, 15) is 14.4 Å². The van der Waals surface area contributed by atoms with Crippen LogP contribution < -0.4 is 73.8 Å². The van der Waals surface area contributed by atoms with Crippen LogP contribution in [0.15, 0.2) is 60.8 Å². The van der Waals surface area contributed by atoms with E-state index in [0.29, 0.717) is 54.9 Å². The first-order valence-corrected chi connectivity index (χ1v) is 13.4. The fraction of sp³-hybridized carbons (Fsp3) is 0.250. The van der Waals surface area contributed by atoms with E-state index in [1.807, 2.05) is 48.7 Å². The fourth-order valence-corrected chi connectivity index (χ4v) is 4.56. The molecule has 1 aliphatic heterocycles. The molecule has 0 unspecified atom stereocenters. The molecule has 0 amide bonds. The van der Waals surface area contributed by atoms with Crippen molar-refractivity contribution in [2.75, 3.05) is 31.2 Å². The van der Waals surface area contributed by atoms with Gasteiger partial charge in [-0.1, -0.05) is 30.3 Å². The Kier molecular flexibility index (Phi) is 10.1. The summed E-state index contributed by atoms with van der Waals surface area (Å²) in [6, 6.07) is 17.3. The molecule has 1 saturated heterocycles. The summed E-state index contributed by atoms with van der Waals surface area (Å²) in [5.74, 6) is 1.46. The van der Waals surface area contributed by atoms with Gasteiger partial charge in [-0.2, -0.15) is 19.8 Å². The van der Waals surface area contributed by atoms with Gasteiger partial charge in [0.1, 0.15) is 23.9 Å². The van der Waals surface area contributed by atoms with E-state index in [2.05, 4.69) is 14.5 Å². The zero-order valence-electron chi connectivity index (χ0n) is 22.4. The molecule has 0 atom stereocenters.